The highest BCUT2D eigenvalue weighted by Gasteiger charge is 2.35. The predicted molar refractivity (Wildman–Crippen MR) is 80.5 cm³/mol. The van der Waals surface area contributed by atoms with Crippen LogP contribution in [0.3, 0.4) is 0 Å². The third kappa shape index (κ3) is 3.44. The minimum Gasteiger partial charge on any atom is -0.198 e. The monoisotopic (exact) mass is 295 g/mol. The van der Waals surface area contributed by atoms with E-state index in [0.29, 0.717) is 5.02 Å². The van der Waals surface area contributed by atoms with Gasteiger partial charge in [-0.15, -0.1) is 0 Å². The zero-order valence-corrected chi connectivity index (χ0v) is 12.8. The minimum absolute atomic E-state index is 0.250. The van der Waals surface area contributed by atoms with Crippen LogP contribution in [0.15, 0.2) is 18.2 Å². The Balaban J connectivity index is 2.16. The molecule has 1 aliphatic carbocycles. The zero-order valence-electron chi connectivity index (χ0n) is 11.3. The first-order chi connectivity index (χ1) is 9.08. The van der Waals surface area contributed by atoms with Crippen LogP contribution in [0, 0.1) is 22.7 Å². The van der Waals surface area contributed by atoms with E-state index in [2.05, 4.69) is 13.0 Å². The summed E-state index contributed by atoms with van der Waals surface area (Å²) in [5, 5.41) is 11.0. The molecule has 1 aromatic carbocycles. The number of benzene rings is 1. The van der Waals surface area contributed by atoms with E-state index in [1.165, 1.54) is 6.42 Å². The van der Waals surface area contributed by atoms with E-state index in [-0.39, 0.29) is 5.41 Å². The molecule has 1 aliphatic rings. The van der Waals surface area contributed by atoms with Crippen molar-refractivity contribution in [2.75, 3.05) is 0 Å². The Morgan fingerprint density at radius 1 is 1.32 bits per heavy atom. The standard InChI is InChI=1S/C16H19Cl2N/c1-2-12-5-7-16(11-19,8-6-12)10-13-9-14(17)3-4-15(13)18/h3-4,9,12H,2,5-8,10H2,1H3. The van der Waals surface area contributed by atoms with Gasteiger partial charge in [0.2, 0.25) is 0 Å². The molecule has 0 radical (unpaired) electrons. The van der Waals surface area contributed by atoms with Gasteiger partial charge in [-0.2, -0.15) is 5.26 Å². The van der Waals surface area contributed by atoms with E-state index in [0.717, 1.165) is 48.6 Å². The molecule has 0 aliphatic heterocycles. The van der Waals surface area contributed by atoms with Crippen LogP contribution in [-0.2, 0) is 6.42 Å². The van der Waals surface area contributed by atoms with Crippen molar-refractivity contribution < 1.29 is 0 Å². The van der Waals surface area contributed by atoms with Gasteiger partial charge in [0.05, 0.1) is 11.5 Å². The van der Waals surface area contributed by atoms with Gasteiger partial charge in [0.1, 0.15) is 0 Å². The Bertz CT molecular complexity index is 482. The predicted octanol–water partition coefficient (Wildman–Crippen LogP) is 5.65. The second-order valence-electron chi connectivity index (χ2n) is 5.66. The lowest BCUT2D eigenvalue weighted by Gasteiger charge is -2.35. The van der Waals surface area contributed by atoms with Gasteiger partial charge in [-0.3, -0.25) is 0 Å². The zero-order chi connectivity index (χ0) is 13.9. The lowest BCUT2D eigenvalue weighted by atomic mass is 9.68. The van der Waals surface area contributed by atoms with Gasteiger partial charge in [0.15, 0.2) is 0 Å². The molecule has 0 unspecified atom stereocenters. The highest BCUT2D eigenvalue weighted by Crippen LogP contribution is 2.43. The second-order valence-corrected chi connectivity index (χ2v) is 6.50. The van der Waals surface area contributed by atoms with Crippen molar-refractivity contribution in [1.29, 1.82) is 5.26 Å². The number of hydrogen-bond donors (Lipinski definition) is 0. The molecule has 1 saturated carbocycles. The summed E-state index contributed by atoms with van der Waals surface area (Å²) in [4.78, 5) is 0. The van der Waals surface area contributed by atoms with Gasteiger partial charge in [-0.1, -0.05) is 36.5 Å². The molecule has 0 aromatic heterocycles. The van der Waals surface area contributed by atoms with Crippen molar-refractivity contribution in [3.8, 4) is 6.07 Å². The Kier molecular flexibility index (Phi) is 4.76. The first kappa shape index (κ1) is 14.7. The van der Waals surface area contributed by atoms with Crippen LogP contribution < -0.4 is 0 Å². The molecule has 102 valence electrons. The molecule has 3 heteroatoms. The third-order valence-corrected chi connectivity index (χ3v) is 5.02. The van der Waals surface area contributed by atoms with Gasteiger partial charge in [-0.05, 0) is 61.8 Å². The molecule has 0 amide bonds. The number of halogens is 2. The summed E-state index contributed by atoms with van der Waals surface area (Å²) in [6.45, 7) is 2.23. The second kappa shape index (κ2) is 6.16. The summed E-state index contributed by atoms with van der Waals surface area (Å²) in [6.07, 6.45) is 6.21. The van der Waals surface area contributed by atoms with Gasteiger partial charge >= 0.3 is 0 Å². The fraction of sp³-hybridized carbons (Fsp3) is 0.562. The molecule has 0 bridgehead atoms. The van der Waals surface area contributed by atoms with Gasteiger partial charge < -0.3 is 0 Å². The SMILES string of the molecule is CCC1CCC(C#N)(Cc2cc(Cl)ccc2Cl)CC1. The molecule has 1 aromatic rings. The largest absolute Gasteiger partial charge is 0.198 e. The Labute approximate surface area is 125 Å². The quantitative estimate of drug-likeness (QED) is 0.707. The highest BCUT2D eigenvalue weighted by atomic mass is 35.5. The first-order valence-corrected chi connectivity index (χ1v) is 7.69. The number of nitriles is 1. The van der Waals surface area contributed by atoms with Crippen molar-refractivity contribution in [3.05, 3.63) is 33.8 Å². The van der Waals surface area contributed by atoms with Crippen LogP contribution in [0.5, 0.6) is 0 Å². The summed E-state index contributed by atoms with van der Waals surface area (Å²) in [5.74, 6) is 0.788. The number of rotatable bonds is 3. The van der Waals surface area contributed by atoms with E-state index in [9.17, 15) is 5.26 Å². The van der Waals surface area contributed by atoms with Crippen LogP contribution in [0.2, 0.25) is 10.0 Å². The van der Waals surface area contributed by atoms with E-state index in [4.69, 9.17) is 23.2 Å². The van der Waals surface area contributed by atoms with Crippen LogP contribution >= 0.6 is 23.2 Å². The normalized spacial score (nSPS) is 26.9. The van der Waals surface area contributed by atoms with Crippen molar-refractivity contribution >= 4 is 23.2 Å². The summed E-state index contributed by atoms with van der Waals surface area (Å²) in [5.41, 5.74) is 0.755. The maximum atomic E-state index is 9.60. The van der Waals surface area contributed by atoms with Crippen LogP contribution in [0.25, 0.3) is 0 Å². The van der Waals surface area contributed by atoms with Crippen molar-refractivity contribution in [2.45, 2.75) is 45.4 Å². The molecule has 0 saturated heterocycles. The topological polar surface area (TPSA) is 23.8 Å². The molecule has 0 N–H and O–H groups in total. The molecule has 19 heavy (non-hydrogen) atoms. The lowest BCUT2D eigenvalue weighted by Crippen LogP contribution is -2.28. The van der Waals surface area contributed by atoms with Crippen molar-refractivity contribution in [2.24, 2.45) is 11.3 Å². The van der Waals surface area contributed by atoms with E-state index in [1.54, 1.807) is 6.07 Å². The Morgan fingerprint density at radius 3 is 2.58 bits per heavy atom. The summed E-state index contributed by atoms with van der Waals surface area (Å²) in [7, 11) is 0. The molecule has 0 atom stereocenters. The van der Waals surface area contributed by atoms with Gasteiger partial charge in [0.25, 0.3) is 0 Å². The average Bonchev–Trinajstić information content (AvgIpc) is 2.44. The number of nitrogens with zero attached hydrogens (tertiary/aromatic N) is 1. The van der Waals surface area contributed by atoms with Gasteiger partial charge in [-0.25, -0.2) is 0 Å². The van der Waals surface area contributed by atoms with Crippen LogP contribution in [0.1, 0.15) is 44.6 Å². The molecule has 1 nitrogen and oxygen atoms in total. The van der Waals surface area contributed by atoms with Gasteiger partial charge in [0, 0.05) is 10.0 Å². The van der Waals surface area contributed by atoms with Crippen LogP contribution in [0.4, 0.5) is 0 Å². The summed E-state index contributed by atoms with van der Waals surface area (Å²) < 4.78 is 0. The van der Waals surface area contributed by atoms with E-state index in [1.807, 2.05) is 12.1 Å². The molecular weight excluding hydrogens is 277 g/mol. The van der Waals surface area contributed by atoms with Crippen LogP contribution in [-0.4, -0.2) is 0 Å². The maximum absolute atomic E-state index is 9.60. The third-order valence-electron chi connectivity index (χ3n) is 4.41. The molecule has 1 fully saturated rings. The fourth-order valence-corrected chi connectivity index (χ4v) is 3.39. The number of hydrogen-bond acceptors (Lipinski definition) is 1. The minimum atomic E-state index is -0.250. The smallest absolute Gasteiger partial charge is 0.0693 e. The van der Waals surface area contributed by atoms with Crippen molar-refractivity contribution in [3.63, 3.8) is 0 Å². The first-order valence-electron chi connectivity index (χ1n) is 6.94. The Morgan fingerprint density at radius 2 is 2.00 bits per heavy atom. The maximum Gasteiger partial charge on any atom is 0.0693 e. The molecule has 0 spiro atoms. The average molecular weight is 296 g/mol. The highest BCUT2D eigenvalue weighted by molar-refractivity contribution is 6.33. The summed E-state index contributed by atoms with van der Waals surface area (Å²) >= 11 is 12.2. The molecule has 0 heterocycles. The van der Waals surface area contributed by atoms with Crippen molar-refractivity contribution in [1.82, 2.24) is 0 Å². The van der Waals surface area contributed by atoms with E-state index < -0.39 is 0 Å². The molecule has 2 rings (SSSR count). The fourth-order valence-electron chi connectivity index (χ4n) is 3.01. The summed E-state index contributed by atoms with van der Waals surface area (Å²) in [6, 6.07) is 8.07. The lowest BCUT2D eigenvalue weighted by molar-refractivity contribution is 0.205. The molecular formula is C16H19Cl2N. The van der Waals surface area contributed by atoms with E-state index >= 15 is 0 Å². The Hall–Kier alpha value is -0.710.